The molecule has 6 heteroatoms. The van der Waals surface area contributed by atoms with E-state index in [0.717, 1.165) is 16.7 Å². The quantitative estimate of drug-likeness (QED) is 0.404. The maximum absolute atomic E-state index is 11.9. The molecule has 1 N–H and O–H groups in total. The molecule has 0 bridgehead atoms. The van der Waals surface area contributed by atoms with E-state index in [4.69, 9.17) is 9.47 Å². The number of hydrogen-bond acceptors (Lipinski definition) is 5. The van der Waals surface area contributed by atoms with E-state index in [1.165, 1.54) is 6.08 Å². The fourth-order valence-corrected chi connectivity index (χ4v) is 2.75. The Labute approximate surface area is 181 Å². The topological polar surface area (TPSA) is 77.5 Å². The summed E-state index contributed by atoms with van der Waals surface area (Å²) in [4.78, 5) is 27.8. The number of carbonyl (C=O) groups excluding carboxylic acids is 2. The SMILES string of the molecule is O=C(/C=C/c1cccnc1)NCCc1cccc(OCC(=O)OCc2ccccc2)c1. The molecule has 0 saturated heterocycles. The minimum atomic E-state index is -0.429. The first kappa shape index (κ1) is 21.8. The minimum absolute atomic E-state index is 0.161. The Morgan fingerprint density at radius 2 is 1.81 bits per heavy atom. The average molecular weight is 416 g/mol. The zero-order valence-corrected chi connectivity index (χ0v) is 17.1. The molecule has 3 aromatic rings. The van der Waals surface area contributed by atoms with Gasteiger partial charge in [-0.05, 0) is 47.4 Å². The van der Waals surface area contributed by atoms with Crippen molar-refractivity contribution in [3.05, 3.63) is 102 Å². The highest BCUT2D eigenvalue weighted by molar-refractivity contribution is 5.91. The highest BCUT2D eigenvalue weighted by atomic mass is 16.6. The van der Waals surface area contributed by atoms with Crippen molar-refractivity contribution in [1.82, 2.24) is 10.3 Å². The lowest BCUT2D eigenvalue weighted by atomic mass is 10.1. The highest BCUT2D eigenvalue weighted by Gasteiger charge is 2.06. The van der Waals surface area contributed by atoms with Gasteiger partial charge in [0.15, 0.2) is 6.61 Å². The molecular weight excluding hydrogens is 392 g/mol. The fraction of sp³-hybridized carbons (Fsp3) is 0.160. The number of nitrogens with one attached hydrogen (secondary N) is 1. The number of hydrogen-bond donors (Lipinski definition) is 1. The lowest BCUT2D eigenvalue weighted by Crippen LogP contribution is -2.23. The van der Waals surface area contributed by atoms with Crippen molar-refractivity contribution in [2.45, 2.75) is 13.0 Å². The lowest BCUT2D eigenvalue weighted by molar-refractivity contribution is -0.147. The molecule has 0 atom stereocenters. The predicted molar refractivity (Wildman–Crippen MR) is 118 cm³/mol. The van der Waals surface area contributed by atoms with Gasteiger partial charge in [0.05, 0.1) is 0 Å². The number of pyridine rings is 1. The molecule has 1 heterocycles. The standard InChI is InChI=1S/C25H24N2O4/c28-24(12-11-21-9-5-14-26-17-21)27-15-13-20-8-4-10-23(16-20)30-19-25(29)31-18-22-6-2-1-3-7-22/h1-12,14,16-17H,13,15,18-19H2,(H,27,28)/b12-11+. The number of carbonyl (C=O) groups is 2. The summed E-state index contributed by atoms with van der Waals surface area (Å²) >= 11 is 0. The van der Waals surface area contributed by atoms with E-state index < -0.39 is 5.97 Å². The molecule has 1 aromatic heterocycles. The number of aromatic nitrogens is 1. The summed E-state index contributed by atoms with van der Waals surface area (Å²) in [6.45, 7) is 0.545. The molecule has 0 aliphatic carbocycles. The molecule has 1 amide bonds. The van der Waals surface area contributed by atoms with Crippen LogP contribution in [0, 0.1) is 0 Å². The van der Waals surface area contributed by atoms with Gasteiger partial charge in [0.25, 0.3) is 0 Å². The van der Waals surface area contributed by atoms with Gasteiger partial charge in [0, 0.05) is 25.0 Å². The summed E-state index contributed by atoms with van der Waals surface area (Å²) < 4.78 is 10.7. The van der Waals surface area contributed by atoms with E-state index in [9.17, 15) is 9.59 Å². The lowest BCUT2D eigenvalue weighted by Gasteiger charge is -2.09. The Bertz CT molecular complexity index is 1000. The molecule has 2 aromatic carbocycles. The monoisotopic (exact) mass is 416 g/mol. The van der Waals surface area contributed by atoms with Crippen LogP contribution in [0.1, 0.15) is 16.7 Å². The highest BCUT2D eigenvalue weighted by Crippen LogP contribution is 2.14. The zero-order valence-electron chi connectivity index (χ0n) is 17.1. The Kier molecular flexibility index (Phi) is 8.37. The van der Waals surface area contributed by atoms with E-state index in [0.29, 0.717) is 18.7 Å². The van der Waals surface area contributed by atoms with E-state index in [-0.39, 0.29) is 19.1 Å². The van der Waals surface area contributed by atoms with Crippen LogP contribution < -0.4 is 10.1 Å². The van der Waals surface area contributed by atoms with Crippen LogP contribution in [0.5, 0.6) is 5.75 Å². The molecule has 0 fully saturated rings. The number of amides is 1. The second-order valence-corrected chi connectivity index (χ2v) is 6.74. The van der Waals surface area contributed by atoms with Crippen LogP contribution in [0.15, 0.2) is 85.2 Å². The molecule has 0 saturated carbocycles. The van der Waals surface area contributed by atoms with Crippen LogP contribution in [0.2, 0.25) is 0 Å². The maximum atomic E-state index is 11.9. The summed E-state index contributed by atoms with van der Waals surface area (Å²) in [7, 11) is 0. The van der Waals surface area contributed by atoms with Crippen LogP contribution in [0.25, 0.3) is 6.08 Å². The molecule has 6 nitrogen and oxygen atoms in total. The molecule has 0 unspecified atom stereocenters. The van der Waals surface area contributed by atoms with Crippen LogP contribution in [-0.4, -0.2) is 30.0 Å². The Hall–Kier alpha value is -3.93. The van der Waals surface area contributed by atoms with Crippen LogP contribution in [0.4, 0.5) is 0 Å². The van der Waals surface area contributed by atoms with Gasteiger partial charge < -0.3 is 14.8 Å². The van der Waals surface area contributed by atoms with Crippen LogP contribution in [0.3, 0.4) is 0 Å². The zero-order chi connectivity index (χ0) is 21.7. The first-order valence-corrected chi connectivity index (χ1v) is 9.96. The van der Waals surface area contributed by atoms with Crippen molar-refractivity contribution in [3.63, 3.8) is 0 Å². The number of benzene rings is 2. The Morgan fingerprint density at radius 3 is 2.61 bits per heavy atom. The first-order valence-electron chi connectivity index (χ1n) is 9.96. The summed E-state index contributed by atoms with van der Waals surface area (Å²) in [6.07, 6.45) is 7.21. The second kappa shape index (κ2) is 11.9. The fourth-order valence-electron chi connectivity index (χ4n) is 2.75. The minimum Gasteiger partial charge on any atom is -0.482 e. The number of nitrogens with zero attached hydrogens (tertiary/aromatic N) is 1. The number of esters is 1. The van der Waals surface area contributed by atoms with Crippen LogP contribution >= 0.6 is 0 Å². The summed E-state index contributed by atoms with van der Waals surface area (Å²) in [5.41, 5.74) is 2.78. The van der Waals surface area contributed by atoms with Gasteiger partial charge in [-0.3, -0.25) is 9.78 Å². The number of ether oxygens (including phenoxy) is 2. The third-order valence-electron chi connectivity index (χ3n) is 4.32. The third-order valence-corrected chi connectivity index (χ3v) is 4.32. The van der Waals surface area contributed by atoms with Gasteiger partial charge in [-0.2, -0.15) is 0 Å². The van der Waals surface area contributed by atoms with Crippen molar-refractivity contribution in [2.24, 2.45) is 0 Å². The third kappa shape index (κ3) is 8.14. The number of rotatable bonds is 10. The van der Waals surface area contributed by atoms with Crippen molar-refractivity contribution in [2.75, 3.05) is 13.2 Å². The Morgan fingerprint density at radius 1 is 0.968 bits per heavy atom. The van der Waals surface area contributed by atoms with Crippen molar-refractivity contribution < 1.29 is 19.1 Å². The van der Waals surface area contributed by atoms with Gasteiger partial charge in [-0.1, -0.05) is 48.5 Å². The predicted octanol–water partition coefficient (Wildman–Crippen LogP) is 3.58. The first-order chi connectivity index (χ1) is 15.2. The van der Waals surface area contributed by atoms with Gasteiger partial charge >= 0.3 is 5.97 Å². The Balaban J connectivity index is 1.38. The molecule has 0 aliphatic heterocycles. The van der Waals surface area contributed by atoms with E-state index in [1.54, 1.807) is 24.5 Å². The van der Waals surface area contributed by atoms with Gasteiger partial charge in [0.2, 0.25) is 5.91 Å². The van der Waals surface area contributed by atoms with Crippen LogP contribution in [-0.2, 0) is 27.4 Å². The van der Waals surface area contributed by atoms with E-state index in [2.05, 4.69) is 10.3 Å². The molecule has 3 rings (SSSR count). The van der Waals surface area contributed by atoms with Crippen molar-refractivity contribution >= 4 is 18.0 Å². The largest absolute Gasteiger partial charge is 0.482 e. The molecule has 0 radical (unpaired) electrons. The van der Waals surface area contributed by atoms with Gasteiger partial charge in [0.1, 0.15) is 12.4 Å². The average Bonchev–Trinajstić information content (AvgIpc) is 2.82. The summed E-state index contributed by atoms with van der Waals surface area (Å²) in [6, 6.07) is 20.6. The van der Waals surface area contributed by atoms with E-state index >= 15 is 0 Å². The van der Waals surface area contributed by atoms with Gasteiger partial charge in [-0.25, -0.2) is 4.79 Å². The summed E-state index contributed by atoms with van der Waals surface area (Å²) in [5.74, 6) is -0.0173. The molecule has 0 spiro atoms. The summed E-state index contributed by atoms with van der Waals surface area (Å²) in [5, 5.41) is 2.84. The van der Waals surface area contributed by atoms with Gasteiger partial charge in [-0.15, -0.1) is 0 Å². The second-order valence-electron chi connectivity index (χ2n) is 6.74. The molecule has 31 heavy (non-hydrogen) atoms. The van der Waals surface area contributed by atoms with Crippen molar-refractivity contribution in [3.8, 4) is 5.75 Å². The smallest absolute Gasteiger partial charge is 0.344 e. The molecular formula is C25H24N2O4. The normalized spacial score (nSPS) is 10.6. The molecule has 158 valence electrons. The molecule has 0 aliphatic rings. The van der Waals surface area contributed by atoms with E-state index in [1.807, 2.05) is 60.7 Å². The maximum Gasteiger partial charge on any atom is 0.344 e. The van der Waals surface area contributed by atoms with Crippen molar-refractivity contribution in [1.29, 1.82) is 0 Å².